The number of fused-ring (bicyclic) bond motifs is 1. The Morgan fingerprint density at radius 3 is 2.43 bits per heavy atom. The van der Waals surface area contributed by atoms with Crippen LogP contribution in [0.25, 0.3) is 17.0 Å². The Bertz CT molecular complexity index is 1480. The maximum Gasteiger partial charge on any atom is 0.293 e. The molecule has 1 aliphatic heterocycles. The normalized spacial score (nSPS) is 15.1. The summed E-state index contributed by atoms with van der Waals surface area (Å²) < 4.78 is 2.23. The van der Waals surface area contributed by atoms with Gasteiger partial charge in [-0.3, -0.25) is 14.5 Å². The van der Waals surface area contributed by atoms with Crippen LogP contribution in [0.1, 0.15) is 29.2 Å². The van der Waals surface area contributed by atoms with Gasteiger partial charge in [0, 0.05) is 23.7 Å². The van der Waals surface area contributed by atoms with E-state index in [0.717, 1.165) is 46.8 Å². The number of nitrogens with zero attached hydrogens (tertiary/aromatic N) is 2. The van der Waals surface area contributed by atoms with Gasteiger partial charge in [0.15, 0.2) is 0 Å². The van der Waals surface area contributed by atoms with Gasteiger partial charge in [0.05, 0.1) is 27.0 Å². The number of hydrogen-bond donors (Lipinski definition) is 0. The second kappa shape index (κ2) is 9.94. The van der Waals surface area contributed by atoms with Crippen molar-refractivity contribution in [2.75, 3.05) is 0 Å². The summed E-state index contributed by atoms with van der Waals surface area (Å²) in [5.41, 5.74) is 5.26. The van der Waals surface area contributed by atoms with Crippen LogP contribution in [0.3, 0.4) is 0 Å². The third-order valence-corrected chi connectivity index (χ3v) is 7.72. The molecule has 3 aromatic carbocycles. The second-order valence-corrected chi connectivity index (χ2v) is 10.2. The van der Waals surface area contributed by atoms with Crippen LogP contribution in [0.2, 0.25) is 10.0 Å². The number of halogens is 2. The van der Waals surface area contributed by atoms with Crippen LogP contribution in [-0.2, 0) is 24.3 Å². The standard InChI is InChI=1S/C28H22Cl2N2O2S/c1-2-20-9-6-10-22-21(17-31(26(20)22)15-18-7-4-3-5-8-18)14-25-27(33)32(28(34)35-25)16-19-11-12-23(29)24(30)13-19/h3-14,17H,2,15-16H2,1H3/b25-14-. The number of amides is 2. The first kappa shape index (κ1) is 23.7. The van der Waals surface area contributed by atoms with Crippen molar-refractivity contribution in [1.82, 2.24) is 9.47 Å². The molecule has 0 unspecified atom stereocenters. The van der Waals surface area contributed by atoms with E-state index in [1.165, 1.54) is 16.0 Å². The number of carbonyl (C=O) groups is 2. The van der Waals surface area contributed by atoms with Crippen LogP contribution in [0.5, 0.6) is 0 Å². The van der Waals surface area contributed by atoms with Crippen molar-refractivity contribution in [2.24, 2.45) is 0 Å². The number of benzene rings is 3. The van der Waals surface area contributed by atoms with E-state index < -0.39 is 0 Å². The van der Waals surface area contributed by atoms with Crippen LogP contribution in [-0.4, -0.2) is 20.6 Å². The fraction of sp³-hybridized carbons (Fsp3) is 0.143. The Morgan fingerprint density at radius 2 is 1.69 bits per heavy atom. The molecular formula is C28H22Cl2N2O2S. The molecule has 0 spiro atoms. The monoisotopic (exact) mass is 520 g/mol. The van der Waals surface area contributed by atoms with Crippen LogP contribution < -0.4 is 0 Å². The number of imide groups is 1. The molecule has 35 heavy (non-hydrogen) atoms. The first-order valence-corrected chi connectivity index (χ1v) is 12.9. The fourth-order valence-corrected chi connectivity index (χ4v) is 5.52. The highest BCUT2D eigenvalue weighted by atomic mass is 35.5. The van der Waals surface area contributed by atoms with Crippen molar-refractivity contribution >= 4 is 63.1 Å². The van der Waals surface area contributed by atoms with Crippen LogP contribution in [0, 0.1) is 0 Å². The van der Waals surface area contributed by atoms with Gasteiger partial charge in [0.1, 0.15) is 0 Å². The molecule has 0 saturated carbocycles. The minimum atomic E-state index is -0.304. The Kier molecular flexibility index (Phi) is 6.74. The Morgan fingerprint density at radius 1 is 0.886 bits per heavy atom. The summed E-state index contributed by atoms with van der Waals surface area (Å²) in [6.45, 7) is 3.01. The average Bonchev–Trinajstić information content (AvgIpc) is 3.34. The molecular weight excluding hydrogens is 499 g/mol. The van der Waals surface area contributed by atoms with E-state index in [1.54, 1.807) is 18.2 Å². The van der Waals surface area contributed by atoms with Gasteiger partial charge in [-0.2, -0.15) is 0 Å². The highest BCUT2D eigenvalue weighted by molar-refractivity contribution is 8.18. The summed E-state index contributed by atoms with van der Waals surface area (Å²) in [7, 11) is 0. The smallest absolute Gasteiger partial charge is 0.293 e. The molecule has 4 nitrogen and oxygen atoms in total. The molecule has 7 heteroatoms. The summed E-state index contributed by atoms with van der Waals surface area (Å²) in [6.07, 6.45) is 4.81. The van der Waals surface area contributed by atoms with Gasteiger partial charge in [-0.05, 0) is 53.1 Å². The molecule has 5 rings (SSSR count). The van der Waals surface area contributed by atoms with Crippen LogP contribution in [0.4, 0.5) is 4.79 Å². The molecule has 0 bridgehead atoms. The van der Waals surface area contributed by atoms with E-state index in [0.29, 0.717) is 15.0 Å². The first-order chi connectivity index (χ1) is 16.9. The number of hydrogen-bond acceptors (Lipinski definition) is 3. The lowest BCUT2D eigenvalue weighted by Gasteiger charge is -2.12. The molecule has 1 aromatic heterocycles. The molecule has 176 valence electrons. The Labute approximate surface area is 218 Å². The molecule has 4 aromatic rings. The topological polar surface area (TPSA) is 42.3 Å². The molecule has 2 heterocycles. The van der Waals surface area contributed by atoms with Gasteiger partial charge in [0.2, 0.25) is 0 Å². The zero-order valence-electron chi connectivity index (χ0n) is 19.0. The number of aryl methyl sites for hydroxylation is 1. The van der Waals surface area contributed by atoms with Crippen molar-refractivity contribution in [1.29, 1.82) is 0 Å². The van der Waals surface area contributed by atoms with Crippen molar-refractivity contribution in [2.45, 2.75) is 26.4 Å². The summed E-state index contributed by atoms with van der Waals surface area (Å²) >= 11 is 13.1. The maximum absolute atomic E-state index is 13.2. The number of rotatable bonds is 6. The highest BCUT2D eigenvalue weighted by Crippen LogP contribution is 2.36. The van der Waals surface area contributed by atoms with Gasteiger partial charge < -0.3 is 4.57 Å². The SMILES string of the molecule is CCc1cccc2c(/C=C3\SC(=O)N(Cc4ccc(Cl)c(Cl)c4)C3=O)cn(Cc3ccccc3)c12. The van der Waals surface area contributed by atoms with E-state index in [2.05, 4.69) is 42.0 Å². The number of para-hydroxylation sites is 1. The molecule has 1 saturated heterocycles. The summed E-state index contributed by atoms with van der Waals surface area (Å²) in [6, 6.07) is 21.7. The summed E-state index contributed by atoms with van der Waals surface area (Å²) in [5.74, 6) is -0.304. The summed E-state index contributed by atoms with van der Waals surface area (Å²) in [5, 5.41) is 1.60. The first-order valence-electron chi connectivity index (χ1n) is 11.3. The lowest BCUT2D eigenvalue weighted by Crippen LogP contribution is -2.27. The third-order valence-electron chi connectivity index (χ3n) is 6.07. The van der Waals surface area contributed by atoms with Gasteiger partial charge in [-0.15, -0.1) is 0 Å². The zero-order valence-corrected chi connectivity index (χ0v) is 21.3. The Hall–Kier alpha value is -2.99. The van der Waals surface area contributed by atoms with Crippen LogP contribution in [0.15, 0.2) is 77.8 Å². The van der Waals surface area contributed by atoms with Crippen molar-refractivity contribution in [3.8, 4) is 0 Å². The molecule has 2 amide bonds. The largest absolute Gasteiger partial charge is 0.342 e. The minimum Gasteiger partial charge on any atom is -0.342 e. The number of aromatic nitrogens is 1. The van der Waals surface area contributed by atoms with E-state index in [1.807, 2.05) is 30.3 Å². The van der Waals surface area contributed by atoms with Crippen molar-refractivity contribution in [3.63, 3.8) is 0 Å². The minimum absolute atomic E-state index is 0.147. The molecule has 0 radical (unpaired) electrons. The average molecular weight is 521 g/mol. The van der Waals surface area contributed by atoms with Gasteiger partial charge in [-0.1, -0.05) is 84.7 Å². The van der Waals surface area contributed by atoms with Gasteiger partial charge >= 0.3 is 0 Å². The molecule has 0 N–H and O–H groups in total. The quantitative estimate of drug-likeness (QED) is 0.243. The molecule has 0 aliphatic carbocycles. The molecule has 1 fully saturated rings. The molecule has 1 aliphatic rings. The maximum atomic E-state index is 13.2. The van der Waals surface area contributed by atoms with Gasteiger partial charge in [-0.25, -0.2) is 0 Å². The predicted molar refractivity (Wildman–Crippen MR) is 145 cm³/mol. The number of thioether (sulfide) groups is 1. The van der Waals surface area contributed by atoms with Crippen molar-refractivity contribution < 1.29 is 9.59 Å². The van der Waals surface area contributed by atoms with E-state index in [-0.39, 0.29) is 17.7 Å². The number of carbonyl (C=O) groups excluding carboxylic acids is 2. The van der Waals surface area contributed by atoms with E-state index in [4.69, 9.17) is 23.2 Å². The third kappa shape index (κ3) is 4.76. The Balaban J connectivity index is 1.50. The predicted octanol–water partition coefficient (Wildman–Crippen LogP) is 7.80. The van der Waals surface area contributed by atoms with E-state index in [9.17, 15) is 9.59 Å². The second-order valence-electron chi connectivity index (χ2n) is 8.38. The van der Waals surface area contributed by atoms with Crippen LogP contribution >= 0.6 is 35.0 Å². The molecule has 0 atom stereocenters. The highest BCUT2D eigenvalue weighted by Gasteiger charge is 2.35. The fourth-order valence-electron chi connectivity index (χ4n) is 4.37. The summed E-state index contributed by atoms with van der Waals surface area (Å²) in [4.78, 5) is 27.6. The van der Waals surface area contributed by atoms with E-state index >= 15 is 0 Å². The van der Waals surface area contributed by atoms with Crippen molar-refractivity contribution in [3.05, 3.63) is 110 Å². The lowest BCUT2D eigenvalue weighted by molar-refractivity contribution is -0.123. The van der Waals surface area contributed by atoms with Gasteiger partial charge in [0.25, 0.3) is 11.1 Å². The lowest BCUT2D eigenvalue weighted by atomic mass is 10.1. The zero-order chi connectivity index (χ0) is 24.5.